The Labute approximate surface area is 150 Å². The van der Waals surface area contributed by atoms with Crippen LogP contribution in [0.15, 0.2) is 10.9 Å². The van der Waals surface area contributed by atoms with Crippen LogP contribution >= 0.6 is 0 Å². The van der Waals surface area contributed by atoms with Crippen LogP contribution in [-0.4, -0.2) is 43.6 Å². The molecule has 1 saturated carbocycles. The zero-order chi connectivity index (χ0) is 18.6. The summed E-state index contributed by atoms with van der Waals surface area (Å²) in [7, 11) is 0. The maximum Gasteiger partial charge on any atom is 0.326 e. The average Bonchev–Trinajstić information content (AvgIpc) is 3.28. The SMILES string of the molecule is CCOC(=O)Cn1c2c(c(=O)n3nc(C)cc13)CN([C@@H](C)C1CC1)C2=O. The quantitative estimate of drug-likeness (QED) is 0.748. The van der Waals surface area contributed by atoms with Crippen molar-refractivity contribution in [2.24, 2.45) is 5.92 Å². The Morgan fingerprint density at radius 3 is 2.77 bits per heavy atom. The third-order valence-electron chi connectivity index (χ3n) is 5.28. The lowest BCUT2D eigenvalue weighted by Gasteiger charge is -2.23. The van der Waals surface area contributed by atoms with Gasteiger partial charge in [-0.2, -0.15) is 9.61 Å². The Morgan fingerprint density at radius 1 is 1.38 bits per heavy atom. The summed E-state index contributed by atoms with van der Waals surface area (Å²) in [6, 6.07) is 1.79. The van der Waals surface area contributed by atoms with E-state index in [0.29, 0.717) is 28.5 Å². The molecule has 0 unspecified atom stereocenters. The van der Waals surface area contributed by atoms with Crippen LogP contribution in [0, 0.1) is 12.8 Å². The van der Waals surface area contributed by atoms with Crippen LogP contribution < -0.4 is 5.56 Å². The number of carbonyl (C=O) groups excluding carboxylic acids is 2. The first-order valence-electron chi connectivity index (χ1n) is 9.01. The Bertz CT molecular complexity index is 970. The Morgan fingerprint density at radius 2 is 2.12 bits per heavy atom. The lowest BCUT2D eigenvalue weighted by molar-refractivity contribution is -0.143. The predicted molar refractivity (Wildman–Crippen MR) is 92.9 cm³/mol. The van der Waals surface area contributed by atoms with Gasteiger partial charge in [-0.05, 0) is 39.5 Å². The van der Waals surface area contributed by atoms with Gasteiger partial charge in [0.2, 0.25) is 0 Å². The highest BCUT2D eigenvalue weighted by molar-refractivity contribution is 5.98. The van der Waals surface area contributed by atoms with E-state index in [-0.39, 0.29) is 37.2 Å². The molecule has 3 heterocycles. The monoisotopic (exact) mass is 358 g/mol. The predicted octanol–water partition coefficient (Wildman–Crippen LogP) is 1.12. The molecular formula is C18H22N4O4. The van der Waals surface area contributed by atoms with E-state index in [4.69, 9.17) is 4.74 Å². The van der Waals surface area contributed by atoms with Crippen molar-refractivity contribution >= 4 is 17.5 Å². The maximum absolute atomic E-state index is 13.1. The van der Waals surface area contributed by atoms with Crippen molar-refractivity contribution < 1.29 is 14.3 Å². The van der Waals surface area contributed by atoms with Crippen LogP contribution in [0.3, 0.4) is 0 Å². The molecule has 2 aromatic rings. The molecular weight excluding hydrogens is 336 g/mol. The number of esters is 1. The minimum Gasteiger partial charge on any atom is -0.465 e. The van der Waals surface area contributed by atoms with Gasteiger partial charge >= 0.3 is 5.97 Å². The summed E-state index contributed by atoms with van der Waals surface area (Å²) in [5.74, 6) is -0.143. The Kier molecular flexibility index (Phi) is 3.86. The van der Waals surface area contributed by atoms with Crippen molar-refractivity contribution in [1.29, 1.82) is 0 Å². The molecule has 8 heteroatoms. The van der Waals surface area contributed by atoms with E-state index in [1.54, 1.807) is 29.4 Å². The summed E-state index contributed by atoms with van der Waals surface area (Å²) >= 11 is 0. The zero-order valence-electron chi connectivity index (χ0n) is 15.2. The highest BCUT2D eigenvalue weighted by atomic mass is 16.5. The second-order valence-corrected chi connectivity index (χ2v) is 7.09. The molecule has 138 valence electrons. The normalized spacial score (nSPS) is 17.7. The number of carbonyl (C=O) groups is 2. The average molecular weight is 358 g/mol. The van der Waals surface area contributed by atoms with Gasteiger partial charge in [-0.3, -0.25) is 14.4 Å². The van der Waals surface area contributed by atoms with Crippen LogP contribution in [0.25, 0.3) is 5.65 Å². The van der Waals surface area contributed by atoms with E-state index in [0.717, 1.165) is 12.8 Å². The van der Waals surface area contributed by atoms with Crippen LogP contribution in [-0.2, 0) is 22.6 Å². The molecule has 8 nitrogen and oxygen atoms in total. The van der Waals surface area contributed by atoms with Crippen molar-refractivity contribution in [2.45, 2.75) is 52.7 Å². The van der Waals surface area contributed by atoms with Gasteiger partial charge in [-0.1, -0.05) is 0 Å². The van der Waals surface area contributed by atoms with Gasteiger partial charge < -0.3 is 14.2 Å². The second-order valence-electron chi connectivity index (χ2n) is 7.09. The topological polar surface area (TPSA) is 85.9 Å². The fraction of sp³-hybridized carbons (Fsp3) is 0.556. The molecule has 0 spiro atoms. The van der Waals surface area contributed by atoms with Gasteiger partial charge in [0, 0.05) is 12.1 Å². The standard InChI is InChI=1S/C18H22N4O4/c1-4-26-15(23)9-21-14-7-10(2)19-22(14)17(24)13-8-20(18(25)16(13)21)11(3)12-5-6-12/h7,11-12H,4-6,8-9H2,1-3H3/t11-/m0/s1. The number of ether oxygens (including phenoxy) is 1. The summed E-state index contributed by atoms with van der Waals surface area (Å²) in [5.41, 5.74) is 1.50. The van der Waals surface area contributed by atoms with E-state index in [1.807, 2.05) is 6.92 Å². The molecule has 1 amide bonds. The van der Waals surface area contributed by atoms with E-state index in [1.165, 1.54) is 4.52 Å². The van der Waals surface area contributed by atoms with Crippen molar-refractivity contribution in [1.82, 2.24) is 19.1 Å². The van der Waals surface area contributed by atoms with Crippen molar-refractivity contribution in [3.63, 3.8) is 0 Å². The minimum absolute atomic E-state index is 0.0828. The highest BCUT2D eigenvalue weighted by Crippen LogP contribution is 2.38. The number of hydrogen-bond donors (Lipinski definition) is 0. The number of rotatable bonds is 5. The minimum atomic E-state index is -0.444. The Balaban J connectivity index is 1.87. The zero-order valence-corrected chi connectivity index (χ0v) is 15.2. The molecule has 0 aromatic carbocycles. The molecule has 1 aliphatic carbocycles. The smallest absolute Gasteiger partial charge is 0.326 e. The van der Waals surface area contributed by atoms with E-state index < -0.39 is 5.97 Å². The first-order chi connectivity index (χ1) is 12.4. The fourth-order valence-corrected chi connectivity index (χ4v) is 3.76. The molecule has 2 aromatic heterocycles. The lowest BCUT2D eigenvalue weighted by atomic mass is 10.2. The number of amides is 1. The molecule has 0 bridgehead atoms. The molecule has 0 saturated heterocycles. The molecule has 0 N–H and O–H groups in total. The van der Waals surface area contributed by atoms with Crippen molar-refractivity contribution in [2.75, 3.05) is 6.61 Å². The van der Waals surface area contributed by atoms with Crippen LogP contribution in [0.4, 0.5) is 0 Å². The summed E-state index contributed by atoms with van der Waals surface area (Å²) in [6.07, 6.45) is 2.22. The number of hydrogen-bond acceptors (Lipinski definition) is 5. The van der Waals surface area contributed by atoms with Gasteiger partial charge in [0.05, 0.1) is 24.4 Å². The number of fused-ring (bicyclic) bond motifs is 2. The fourth-order valence-electron chi connectivity index (χ4n) is 3.76. The van der Waals surface area contributed by atoms with Gasteiger partial charge in [0.25, 0.3) is 11.5 Å². The first-order valence-corrected chi connectivity index (χ1v) is 9.01. The molecule has 1 atom stereocenters. The van der Waals surface area contributed by atoms with Gasteiger partial charge in [-0.25, -0.2) is 0 Å². The van der Waals surface area contributed by atoms with Crippen LogP contribution in [0.5, 0.6) is 0 Å². The highest BCUT2D eigenvalue weighted by Gasteiger charge is 2.41. The van der Waals surface area contributed by atoms with Gasteiger partial charge in [-0.15, -0.1) is 0 Å². The number of nitrogens with zero attached hydrogens (tertiary/aromatic N) is 4. The molecule has 26 heavy (non-hydrogen) atoms. The van der Waals surface area contributed by atoms with Gasteiger partial charge in [0.1, 0.15) is 17.9 Å². The molecule has 4 rings (SSSR count). The summed E-state index contributed by atoms with van der Waals surface area (Å²) in [6.45, 7) is 5.93. The molecule has 2 aliphatic rings. The lowest BCUT2D eigenvalue weighted by Crippen LogP contribution is -2.35. The van der Waals surface area contributed by atoms with E-state index in [9.17, 15) is 14.4 Å². The van der Waals surface area contributed by atoms with Gasteiger partial charge in [0.15, 0.2) is 0 Å². The molecule has 1 fully saturated rings. The van der Waals surface area contributed by atoms with Crippen molar-refractivity contribution in [3.05, 3.63) is 33.4 Å². The maximum atomic E-state index is 13.1. The third kappa shape index (κ3) is 2.51. The second kappa shape index (κ2) is 5.96. The summed E-state index contributed by atoms with van der Waals surface area (Å²) in [4.78, 5) is 39.9. The van der Waals surface area contributed by atoms with Crippen molar-refractivity contribution in [3.8, 4) is 0 Å². The summed E-state index contributed by atoms with van der Waals surface area (Å²) in [5, 5.41) is 4.25. The van der Waals surface area contributed by atoms with Crippen LogP contribution in [0.2, 0.25) is 0 Å². The largest absolute Gasteiger partial charge is 0.465 e. The summed E-state index contributed by atoms with van der Waals surface area (Å²) < 4.78 is 7.92. The van der Waals surface area contributed by atoms with E-state index in [2.05, 4.69) is 5.10 Å². The molecule has 0 radical (unpaired) electrons. The molecule has 1 aliphatic heterocycles. The van der Waals surface area contributed by atoms with E-state index >= 15 is 0 Å². The number of aryl methyl sites for hydroxylation is 1. The number of aromatic nitrogens is 3. The first kappa shape index (κ1) is 16.8. The third-order valence-corrected chi connectivity index (χ3v) is 5.28. The van der Waals surface area contributed by atoms with Crippen LogP contribution in [0.1, 0.15) is 48.4 Å². The Hall–Kier alpha value is -2.64.